The zero-order valence-corrected chi connectivity index (χ0v) is 27.6. The van der Waals surface area contributed by atoms with Gasteiger partial charge in [0, 0.05) is 38.6 Å². The monoisotopic (exact) mass is 653 g/mol. The molecule has 240 valence electrons. The maximum absolute atomic E-state index is 5.64. The molecule has 0 saturated carbocycles. The number of aromatic nitrogens is 4. The molecule has 7 aromatic carbocycles. The number of hydrogen-bond donors (Lipinski definition) is 0. The van der Waals surface area contributed by atoms with Crippen LogP contribution in [0.5, 0.6) is 0 Å². The van der Waals surface area contributed by atoms with E-state index < -0.39 is 0 Å². The molecule has 0 N–H and O–H groups in total. The van der Waals surface area contributed by atoms with Gasteiger partial charge < -0.3 is 0 Å². The SMILES string of the molecule is c1ccc(C(=Nc2c(-c3ccccc3)ccc3c2c2ccccc2n3-c2nc(-c3ccccc3)nc(-c3ccccc3)n2)c2ccccc2)cc1. The highest BCUT2D eigenvalue weighted by Gasteiger charge is 2.22. The van der Waals surface area contributed by atoms with Crippen LogP contribution < -0.4 is 0 Å². The summed E-state index contributed by atoms with van der Waals surface area (Å²) in [6, 6.07) is 64.3. The Balaban J connectivity index is 1.39. The van der Waals surface area contributed by atoms with Crippen molar-refractivity contribution in [1.82, 2.24) is 19.5 Å². The second kappa shape index (κ2) is 13.1. The molecule has 9 aromatic rings. The average molecular weight is 654 g/mol. The van der Waals surface area contributed by atoms with E-state index >= 15 is 0 Å². The van der Waals surface area contributed by atoms with Crippen molar-refractivity contribution in [2.75, 3.05) is 0 Å². The van der Waals surface area contributed by atoms with Gasteiger partial charge in [0.1, 0.15) is 0 Å². The predicted octanol–water partition coefficient (Wildman–Crippen LogP) is 11.1. The molecule has 0 spiro atoms. The van der Waals surface area contributed by atoms with Gasteiger partial charge in [0.2, 0.25) is 5.95 Å². The number of hydrogen-bond acceptors (Lipinski definition) is 4. The fourth-order valence-corrected chi connectivity index (χ4v) is 6.72. The van der Waals surface area contributed by atoms with E-state index in [4.69, 9.17) is 19.9 Å². The molecular formula is C46H31N5. The predicted molar refractivity (Wildman–Crippen MR) is 209 cm³/mol. The molecule has 2 heterocycles. The summed E-state index contributed by atoms with van der Waals surface area (Å²) in [7, 11) is 0. The lowest BCUT2D eigenvalue weighted by atomic mass is 9.98. The van der Waals surface area contributed by atoms with Crippen molar-refractivity contribution in [3.05, 3.63) is 199 Å². The summed E-state index contributed by atoms with van der Waals surface area (Å²) in [6.45, 7) is 0. The number of benzene rings is 7. The van der Waals surface area contributed by atoms with Gasteiger partial charge in [0.05, 0.1) is 22.4 Å². The summed E-state index contributed by atoms with van der Waals surface area (Å²) in [4.78, 5) is 20.9. The number of rotatable bonds is 7. The first kappa shape index (κ1) is 30.1. The number of para-hydroxylation sites is 1. The number of fused-ring (bicyclic) bond motifs is 3. The molecule has 0 aliphatic heterocycles. The summed E-state index contributed by atoms with van der Waals surface area (Å²) < 4.78 is 2.16. The standard InChI is InChI=1S/C46H31N5/c1-6-18-32(19-7-1)37-30-31-40-41(43(37)47-42(33-20-8-2-9-21-33)34-22-10-3-11-23-34)38-28-16-17-29-39(38)51(40)46-49-44(35-24-12-4-13-25-35)48-45(50-46)36-26-14-5-15-27-36/h1-31H. The highest BCUT2D eigenvalue weighted by Crippen LogP contribution is 2.44. The third kappa shape index (κ3) is 5.67. The molecule has 9 rings (SSSR count). The molecule has 0 fully saturated rings. The van der Waals surface area contributed by atoms with Gasteiger partial charge in [0.15, 0.2) is 11.6 Å². The van der Waals surface area contributed by atoms with Gasteiger partial charge in [-0.15, -0.1) is 0 Å². The van der Waals surface area contributed by atoms with Crippen LogP contribution in [-0.4, -0.2) is 25.2 Å². The Morgan fingerprint density at radius 1 is 0.412 bits per heavy atom. The summed E-state index contributed by atoms with van der Waals surface area (Å²) in [5, 5.41) is 2.09. The number of nitrogens with zero attached hydrogens (tertiary/aromatic N) is 5. The van der Waals surface area contributed by atoms with Crippen LogP contribution in [0, 0.1) is 0 Å². The molecule has 0 aliphatic carbocycles. The van der Waals surface area contributed by atoms with Crippen molar-refractivity contribution >= 4 is 33.2 Å². The van der Waals surface area contributed by atoms with Crippen LogP contribution in [0.4, 0.5) is 5.69 Å². The van der Waals surface area contributed by atoms with Crippen molar-refractivity contribution in [1.29, 1.82) is 0 Å². The van der Waals surface area contributed by atoms with E-state index in [0.29, 0.717) is 17.6 Å². The molecule has 51 heavy (non-hydrogen) atoms. The van der Waals surface area contributed by atoms with Crippen LogP contribution in [0.3, 0.4) is 0 Å². The maximum Gasteiger partial charge on any atom is 0.238 e. The largest absolute Gasteiger partial charge is 0.278 e. The average Bonchev–Trinajstić information content (AvgIpc) is 3.56. The normalized spacial score (nSPS) is 11.1. The fraction of sp³-hybridized carbons (Fsp3) is 0. The molecule has 0 radical (unpaired) electrons. The second-order valence-corrected chi connectivity index (χ2v) is 12.3. The Bertz CT molecular complexity index is 2550. The van der Waals surface area contributed by atoms with Crippen LogP contribution in [0.15, 0.2) is 193 Å². The third-order valence-electron chi connectivity index (χ3n) is 9.10. The Morgan fingerprint density at radius 3 is 1.43 bits per heavy atom. The lowest BCUT2D eigenvalue weighted by Crippen LogP contribution is -2.06. The second-order valence-electron chi connectivity index (χ2n) is 12.3. The van der Waals surface area contributed by atoms with Crippen molar-refractivity contribution in [3.8, 4) is 39.9 Å². The molecule has 0 amide bonds. The van der Waals surface area contributed by atoms with Crippen molar-refractivity contribution in [2.45, 2.75) is 0 Å². The van der Waals surface area contributed by atoms with Crippen LogP contribution in [-0.2, 0) is 0 Å². The van der Waals surface area contributed by atoms with Crippen LogP contribution in [0.25, 0.3) is 61.7 Å². The van der Waals surface area contributed by atoms with Gasteiger partial charge in [-0.05, 0) is 17.7 Å². The van der Waals surface area contributed by atoms with Gasteiger partial charge in [-0.25, -0.2) is 9.98 Å². The zero-order valence-electron chi connectivity index (χ0n) is 27.6. The van der Waals surface area contributed by atoms with Crippen LogP contribution >= 0.6 is 0 Å². The van der Waals surface area contributed by atoms with Gasteiger partial charge in [-0.3, -0.25) is 4.57 Å². The first-order chi connectivity index (χ1) is 25.3. The lowest BCUT2D eigenvalue weighted by molar-refractivity contribution is 0.953. The Labute approximate surface area is 295 Å². The molecular weight excluding hydrogens is 623 g/mol. The van der Waals surface area contributed by atoms with Gasteiger partial charge in [0.25, 0.3) is 0 Å². The van der Waals surface area contributed by atoms with E-state index in [9.17, 15) is 0 Å². The molecule has 0 atom stereocenters. The molecule has 0 bridgehead atoms. The molecule has 0 unspecified atom stereocenters. The van der Waals surface area contributed by atoms with Gasteiger partial charge >= 0.3 is 0 Å². The van der Waals surface area contributed by atoms with Crippen LogP contribution in [0.1, 0.15) is 11.1 Å². The van der Waals surface area contributed by atoms with E-state index in [1.54, 1.807) is 0 Å². The van der Waals surface area contributed by atoms with Crippen molar-refractivity contribution in [2.24, 2.45) is 4.99 Å². The van der Waals surface area contributed by atoms with Crippen LogP contribution in [0.2, 0.25) is 0 Å². The molecule has 5 nitrogen and oxygen atoms in total. The van der Waals surface area contributed by atoms with E-state index in [-0.39, 0.29) is 0 Å². The lowest BCUT2D eigenvalue weighted by Gasteiger charge is -2.14. The summed E-state index contributed by atoms with van der Waals surface area (Å²) >= 11 is 0. The fourth-order valence-electron chi connectivity index (χ4n) is 6.72. The quantitative estimate of drug-likeness (QED) is 0.161. The van der Waals surface area contributed by atoms with E-state index in [2.05, 4.69) is 114 Å². The summed E-state index contributed by atoms with van der Waals surface area (Å²) in [5.41, 5.74) is 9.79. The maximum atomic E-state index is 5.64. The minimum absolute atomic E-state index is 0.544. The molecule has 0 aliphatic rings. The minimum Gasteiger partial charge on any atom is -0.278 e. The van der Waals surface area contributed by atoms with E-state index in [0.717, 1.165) is 66.6 Å². The molecule has 2 aromatic heterocycles. The molecule has 0 saturated heterocycles. The topological polar surface area (TPSA) is 56.0 Å². The molecule has 5 heteroatoms. The van der Waals surface area contributed by atoms with Crippen molar-refractivity contribution < 1.29 is 0 Å². The Kier molecular flexibility index (Phi) is 7.76. The third-order valence-corrected chi connectivity index (χ3v) is 9.10. The first-order valence-corrected chi connectivity index (χ1v) is 17.0. The summed E-state index contributed by atoms with van der Waals surface area (Å²) in [5.74, 6) is 1.77. The first-order valence-electron chi connectivity index (χ1n) is 17.0. The van der Waals surface area contributed by atoms with Gasteiger partial charge in [-0.2, -0.15) is 9.97 Å². The Morgan fingerprint density at radius 2 is 0.882 bits per heavy atom. The van der Waals surface area contributed by atoms with E-state index in [1.165, 1.54) is 0 Å². The zero-order chi connectivity index (χ0) is 34.0. The smallest absolute Gasteiger partial charge is 0.238 e. The summed E-state index contributed by atoms with van der Waals surface area (Å²) in [6.07, 6.45) is 0. The van der Waals surface area contributed by atoms with Gasteiger partial charge in [-0.1, -0.05) is 176 Å². The number of aliphatic imine (C=N–C) groups is 1. The Hall–Kier alpha value is -6.98. The highest BCUT2D eigenvalue weighted by atomic mass is 15.2. The van der Waals surface area contributed by atoms with E-state index in [1.807, 2.05) is 78.9 Å². The highest BCUT2D eigenvalue weighted by molar-refractivity contribution is 6.20. The van der Waals surface area contributed by atoms with Crippen molar-refractivity contribution in [3.63, 3.8) is 0 Å². The minimum atomic E-state index is 0.544.